The predicted molar refractivity (Wildman–Crippen MR) is 123 cm³/mol. The lowest BCUT2D eigenvalue weighted by molar-refractivity contribution is 0.102. The number of para-hydroxylation sites is 2. The van der Waals surface area contributed by atoms with Gasteiger partial charge in [0.15, 0.2) is 0 Å². The van der Waals surface area contributed by atoms with Crippen LogP contribution < -0.4 is 10.2 Å². The van der Waals surface area contributed by atoms with Crippen molar-refractivity contribution in [2.24, 2.45) is 0 Å². The Hall–Kier alpha value is -3.71. The number of carbonyl (C=O) groups is 1. The summed E-state index contributed by atoms with van der Waals surface area (Å²) in [7, 11) is 2.13. The van der Waals surface area contributed by atoms with Gasteiger partial charge >= 0.3 is 0 Å². The molecule has 31 heavy (non-hydrogen) atoms. The van der Waals surface area contributed by atoms with E-state index >= 15 is 0 Å². The number of likely N-dealkylation sites (N-methyl/N-ethyl adjacent to an activating group) is 1. The fourth-order valence-corrected chi connectivity index (χ4v) is 3.82. The molecule has 1 aliphatic heterocycles. The maximum Gasteiger partial charge on any atom is 0.255 e. The maximum absolute atomic E-state index is 12.7. The summed E-state index contributed by atoms with van der Waals surface area (Å²) in [5, 5.41) is 2.93. The first-order valence-corrected chi connectivity index (χ1v) is 10.4. The van der Waals surface area contributed by atoms with Gasteiger partial charge in [-0.1, -0.05) is 12.1 Å². The Bertz CT molecular complexity index is 1190. The molecule has 0 radical (unpaired) electrons. The summed E-state index contributed by atoms with van der Waals surface area (Å²) in [5.41, 5.74) is 4.22. The highest BCUT2D eigenvalue weighted by Gasteiger charge is 2.15. The number of imidazole rings is 1. The molecule has 7 heteroatoms. The Morgan fingerprint density at radius 1 is 0.903 bits per heavy atom. The van der Waals surface area contributed by atoms with Gasteiger partial charge in [-0.15, -0.1) is 0 Å². The summed E-state index contributed by atoms with van der Waals surface area (Å²) >= 11 is 0. The van der Waals surface area contributed by atoms with Gasteiger partial charge in [0.1, 0.15) is 12.1 Å². The van der Waals surface area contributed by atoms with Gasteiger partial charge in [-0.3, -0.25) is 9.36 Å². The second kappa shape index (κ2) is 8.20. The predicted octanol–water partition coefficient (Wildman–Crippen LogP) is 3.42. The number of hydrogen-bond donors (Lipinski definition) is 1. The molecule has 156 valence electrons. The van der Waals surface area contributed by atoms with Crippen molar-refractivity contribution in [2.75, 3.05) is 43.4 Å². The van der Waals surface area contributed by atoms with Crippen molar-refractivity contribution in [1.82, 2.24) is 19.4 Å². The van der Waals surface area contributed by atoms with E-state index in [1.54, 1.807) is 12.5 Å². The number of nitrogens with zero attached hydrogens (tertiary/aromatic N) is 5. The topological polar surface area (TPSA) is 66.3 Å². The number of rotatable bonds is 4. The SMILES string of the molecule is CN1CCN(c2ccc(NC(=O)c3ccc(-n4cnc5ccccc54)cc3)cn2)CC1. The first kappa shape index (κ1) is 19.3. The van der Waals surface area contributed by atoms with E-state index in [-0.39, 0.29) is 5.91 Å². The van der Waals surface area contributed by atoms with Crippen LogP contribution in [-0.4, -0.2) is 58.6 Å². The van der Waals surface area contributed by atoms with Crippen molar-refractivity contribution >= 4 is 28.4 Å². The average molecular weight is 412 g/mol. The average Bonchev–Trinajstić information content (AvgIpc) is 3.24. The molecule has 4 aromatic rings. The molecule has 0 bridgehead atoms. The second-order valence-corrected chi connectivity index (χ2v) is 7.80. The quantitative estimate of drug-likeness (QED) is 0.556. The van der Waals surface area contributed by atoms with Crippen LogP contribution in [0.25, 0.3) is 16.7 Å². The van der Waals surface area contributed by atoms with Crippen LogP contribution in [0.15, 0.2) is 73.2 Å². The van der Waals surface area contributed by atoms with Gasteiger partial charge < -0.3 is 15.1 Å². The maximum atomic E-state index is 12.7. The molecule has 0 unspecified atom stereocenters. The van der Waals surface area contributed by atoms with E-state index in [2.05, 4.69) is 32.1 Å². The van der Waals surface area contributed by atoms with Gasteiger partial charge in [0, 0.05) is 37.4 Å². The Labute approximate surface area is 181 Å². The van der Waals surface area contributed by atoms with Crippen LogP contribution >= 0.6 is 0 Å². The van der Waals surface area contributed by atoms with Gasteiger partial charge in [-0.05, 0) is 55.6 Å². The number of pyridine rings is 1. The smallest absolute Gasteiger partial charge is 0.255 e. The van der Waals surface area contributed by atoms with Crippen LogP contribution in [0.3, 0.4) is 0 Å². The second-order valence-electron chi connectivity index (χ2n) is 7.80. The molecule has 1 aliphatic rings. The summed E-state index contributed by atoms with van der Waals surface area (Å²) in [5.74, 6) is 0.791. The van der Waals surface area contributed by atoms with E-state index in [1.807, 2.05) is 65.2 Å². The van der Waals surface area contributed by atoms with E-state index in [0.717, 1.165) is 48.7 Å². The molecule has 0 aliphatic carbocycles. The monoisotopic (exact) mass is 412 g/mol. The number of nitrogens with one attached hydrogen (secondary N) is 1. The summed E-state index contributed by atoms with van der Waals surface area (Å²) in [6.07, 6.45) is 3.52. The zero-order valence-electron chi connectivity index (χ0n) is 17.4. The van der Waals surface area contributed by atoms with Crippen LogP contribution in [-0.2, 0) is 0 Å². The zero-order valence-corrected chi connectivity index (χ0v) is 17.4. The van der Waals surface area contributed by atoms with Crippen LogP contribution in [0.2, 0.25) is 0 Å². The minimum atomic E-state index is -0.156. The van der Waals surface area contributed by atoms with E-state index in [4.69, 9.17) is 0 Å². The molecule has 3 heterocycles. The van der Waals surface area contributed by atoms with Crippen molar-refractivity contribution in [3.63, 3.8) is 0 Å². The van der Waals surface area contributed by atoms with E-state index in [0.29, 0.717) is 11.3 Å². The lowest BCUT2D eigenvalue weighted by atomic mass is 10.2. The van der Waals surface area contributed by atoms with Crippen LogP contribution in [0.1, 0.15) is 10.4 Å². The Balaban J connectivity index is 1.26. The summed E-state index contributed by atoms with van der Waals surface area (Å²) < 4.78 is 2.01. The van der Waals surface area contributed by atoms with Crippen molar-refractivity contribution < 1.29 is 4.79 Å². The molecule has 1 fully saturated rings. The molecular weight excluding hydrogens is 388 g/mol. The van der Waals surface area contributed by atoms with Gasteiger partial charge in [-0.2, -0.15) is 0 Å². The number of amides is 1. The van der Waals surface area contributed by atoms with Crippen molar-refractivity contribution in [3.8, 4) is 5.69 Å². The number of piperazine rings is 1. The molecular formula is C24H24N6O. The molecule has 1 amide bonds. The highest BCUT2D eigenvalue weighted by molar-refractivity contribution is 6.04. The first-order chi connectivity index (χ1) is 15.2. The molecule has 5 rings (SSSR count). The van der Waals surface area contributed by atoms with Gasteiger partial charge in [0.2, 0.25) is 0 Å². The number of carbonyl (C=O) groups excluding carboxylic acids is 1. The Morgan fingerprint density at radius 2 is 1.68 bits per heavy atom. The number of anilines is 2. The van der Waals surface area contributed by atoms with Crippen molar-refractivity contribution in [3.05, 3.63) is 78.8 Å². The van der Waals surface area contributed by atoms with E-state index in [9.17, 15) is 4.79 Å². The third kappa shape index (κ3) is 4.00. The minimum absolute atomic E-state index is 0.156. The molecule has 1 saturated heterocycles. The van der Waals surface area contributed by atoms with Crippen molar-refractivity contribution in [1.29, 1.82) is 0 Å². The van der Waals surface area contributed by atoms with E-state index < -0.39 is 0 Å². The van der Waals surface area contributed by atoms with Crippen molar-refractivity contribution in [2.45, 2.75) is 0 Å². The lowest BCUT2D eigenvalue weighted by Gasteiger charge is -2.33. The van der Waals surface area contributed by atoms with E-state index in [1.165, 1.54) is 0 Å². The molecule has 0 spiro atoms. The standard InChI is InChI=1S/C24H24N6O/c1-28-12-14-29(15-13-28)23-11-8-19(16-25-23)27-24(31)18-6-9-20(10-7-18)30-17-26-21-4-2-3-5-22(21)30/h2-11,16-17H,12-15H2,1H3,(H,27,31). The fraction of sp³-hybridized carbons (Fsp3) is 0.208. The fourth-order valence-electron chi connectivity index (χ4n) is 3.82. The zero-order chi connectivity index (χ0) is 21.2. The number of aromatic nitrogens is 3. The van der Waals surface area contributed by atoms with Gasteiger partial charge in [0.25, 0.3) is 5.91 Å². The van der Waals surface area contributed by atoms with Crippen LogP contribution in [0.5, 0.6) is 0 Å². The summed E-state index contributed by atoms with van der Waals surface area (Å²) in [6, 6.07) is 19.4. The number of fused-ring (bicyclic) bond motifs is 1. The first-order valence-electron chi connectivity index (χ1n) is 10.4. The Kier molecular flexibility index (Phi) is 5.09. The summed E-state index contributed by atoms with van der Waals surface area (Å²) in [6.45, 7) is 4.00. The minimum Gasteiger partial charge on any atom is -0.354 e. The molecule has 0 saturated carbocycles. The lowest BCUT2D eigenvalue weighted by Crippen LogP contribution is -2.44. The van der Waals surface area contributed by atoms with Gasteiger partial charge in [0.05, 0.1) is 22.9 Å². The van der Waals surface area contributed by atoms with Crippen LogP contribution in [0.4, 0.5) is 11.5 Å². The highest BCUT2D eigenvalue weighted by atomic mass is 16.1. The third-order valence-corrected chi connectivity index (χ3v) is 5.69. The van der Waals surface area contributed by atoms with Crippen LogP contribution in [0, 0.1) is 0 Å². The molecule has 1 N–H and O–H groups in total. The molecule has 2 aromatic heterocycles. The largest absolute Gasteiger partial charge is 0.354 e. The number of benzene rings is 2. The normalized spacial score (nSPS) is 14.7. The molecule has 7 nitrogen and oxygen atoms in total. The summed E-state index contributed by atoms with van der Waals surface area (Å²) in [4.78, 5) is 26.2. The molecule has 0 atom stereocenters. The molecule has 2 aromatic carbocycles. The third-order valence-electron chi connectivity index (χ3n) is 5.69. The highest BCUT2D eigenvalue weighted by Crippen LogP contribution is 2.20. The Morgan fingerprint density at radius 3 is 2.42 bits per heavy atom. The van der Waals surface area contributed by atoms with Gasteiger partial charge in [-0.25, -0.2) is 9.97 Å². The number of hydrogen-bond acceptors (Lipinski definition) is 5.